The Labute approximate surface area is 187 Å². The number of anilines is 1. The van der Waals surface area contributed by atoms with Crippen LogP contribution in [0.25, 0.3) is 0 Å². The number of rotatable bonds is 6. The highest BCUT2D eigenvalue weighted by atomic mass is 16.5. The second-order valence-corrected chi connectivity index (χ2v) is 7.91. The molecule has 0 spiro atoms. The van der Waals surface area contributed by atoms with Crippen LogP contribution in [0.15, 0.2) is 47.6 Å². The molecule has 0 atom stereocenters. The Bertz CT molecular complexity index is 984. The van der Waals surface area contributed by atoms with Crippen molar-refractivity contribution >= 4 is 23.8 Å². The molecule has 4 rings (SSSR count). The maximum atomic E-state index is 12.7. The lowest BCUT2D eigenvalue weighted by atomic mass is 9.99. The van der Waals surface area contributed by atoms with Crippen molar-refractivity contribution in [3.8, 4) is 0 Å². The van der Waals surface area contributed by atoms with Crippen LogP contribution in [-0.2, 0) is 27.2 Å². The number of esters is 1. The van der Waals surface area contributed by atoms with E-state index in [1.54, 1.807) is 18.3 Å². The van der Waals surface area contributed by atoms with Gasteiger partial charge in [-0.2, -0.15) is 5.10 Å². The standard InChI is InChI=1S/C24H28N4O4/c1-31-23(29)17-27-9-8-20-14-22(7-6-21(20)16-27)26-24(30)19-4-2-18(3-5-19)15-25-28-10-12-32-13-11-28/h2-7,14-15H,8-13,16-17H2,1H3,(H,26,30)/b25-15+. The topological polar surface area (TPSA) is 83.5 Å². The molecule has 0 aliphatic carbocycles. The highest BCUT2D eigenvalue weighted by Gasteiger charge is 2.19. The van der Waals surface area contributed by atoms with E-state index in [-0.39, 0.29) is 11.9 Å². The van der Waals surface area contributed by atoms with E-state index < -0.39 is 0 Å². The molecule has 0 radical (unpaired) electrons. The van der Waals surface area contributed by atoms with Gasteiger partial charge in [0, 0.05) is 24.3 Å². The van der Waals surface area contributed by atoms with Crippen LogP contribution in [0.5, 0.6) is 0 Å². The minimum Gasteiger partial charge on any atom is -0.468 e. The number of carbonyl (C=O) groups is 2. The molecule has 8 nitrogen and oxygen atoms in total. The lowest BCUT2D eigenvalue weighted by molar-refractivity contribution is -0.142. The van der Waals surface area contributed by atoms with Crippen molar-refractivity contribution in [3.63, 3.8) is 0 Å². The highest BCUT2D eigenvalue weighted by molar-refractivity contribution is 6.04. The number of nitrogens with one attached hydrogen (secondary N) is 1. The summed E-state index contributed by atoms with van der Waals surface area (Å²) >= 11 is 0. The Morgan fingerprint density at radius 2 is 1.88 bits per heavy atom. The van der Waals surface area contributed by atoms with Crippen LogP contribution in [0.4, 0.5) is 5.69 Å². The van der Waals surface area contributed by atoms with Gasteiger partial charge < -0.3 is 14.8 Å². The number of benzene rings is 2. The Balaban J connectivity index is 1.34. The van der Waals surface area contributed by atoms with Crippen molar-refractivity contribution < 1.29 is 19.1 Å². The molecule has 0 aromatic heterocycles. The number of hydrogen-bond acceptors (Lipinski definition) is 7. The number of nitrogens with zero attached hydrogens (tertiary/aromatic N) is 3. The van der Waals surface area contributed by atoms with E-state index in [1.165, 1.54) is 18.2 Å². The van der Waals surface area contributed by atoms with E-state index in [1.807, 2.05) is 35.3 Å². The largest absolute Gasteiger partial charge is 0.468 e. The molecule has 2 aromatic carbocycles. The second-order valence-electron chi connectivity index (χ2n) is 7.91. The number of methoxy groups -OCH3 is 1. The number of ether oxygens (including phenoxy) is 2. The van der Waals surface area contributed by atoms with Crippen LogP contribution < -0.4 is 5.32 Å². The van der Waals surface area contributed by atoms with E-state index in [0.717, 1.165) is 37.3 Å². The Morgan fingerprint density at radius 3 is 2.62 bits per heavy atom. The van der Waals surface area contributed by atoms with Crippen molar-refractivity contribution in [2.45, 2.75) is 13.0 Å². The minimum atomic E-state index is -0.226. The first-order chi connectivity index (χ1) is 15.6. The van der Waals surface area contributed by atoms with E-state index in [4.69, 9.17) is 9.47 Å². The van der Waals surface area contributed by atoms with Crippen LogP contribution in [-0.4, -0.2) is 74.5 Å². The van der Waals surface area contributed by atoms with Gasteiger partial charge in [-0.25, -0.2) is 0 Å². The lowest BCUT2D eigenvalue weighted by Crippen LogP contribution is -2.35. The molecule has 0 saturated carbocycles. The summed E-state index contributed by atoms with van der Waals surface area (Å²) in [6, 6.07) is 13.3. The summed E-state index contributed by atoms with van der Waals surface area (Å²) < 4.78 is 10.1. The van der Waals surface area contributed by atoms with Gasteiger partial charge in [0.25, 0.3) is 5.91 Å². The Hall–Kier alpha value is -3.23. The molecule has 32 heavy (non-hydrogen) atoms. The van der Waals surface area contributed by atoms with Gasteiger partial charge in [-0.1, -0.05) is 18.2 Å². The summed E-state index contributed by atoms with van der Waals surface area (Å²) in [7, 11) is 1.40. The fourth-order valence-corrected chi connectivity index (χ4v) is 3.81. The molecule has 0 bridgehead atoms. The third-order valence-corrected chi connectivity index (χ3v) is 5.67. The van der Waals surface area contributed by atoms with Crippen molar-refractivity contribution in [1.82, 2.24) is 9.91 Å². The molecule has 1 fully saturated rings. The van der Waals surface area contributed by atoms with Crippen LogP contribution in [0.1, 0.15) is 27.0 Å². The van der Waals surface area contributed by atoms with Gasteiger partial charge in [0.2, 0.25) is 0 Å². The Kier molecular flexibility index (Phi) is 7.14. The molecule has 168 valence electrons. The first kappa shape index (κ1) is 22.0. The highest BCUT2D eigenvalue weighted by Crippen LogP contribution is 2.23. The summed E-state index contributed by atoms with van der Waals surface area (Å²) in [5.74, 6) is -0.375. The molecule has 2 aliphatic heterocycles. The van der Waals surface area contributed by atoms with Gasteiger partial charge in [0.15, 0.2) is 0 Å². The zero-order valence-electron chi connectivity index (χ0n) is 18.3. The molecule has 1 amide bonds. The summed E-state index contributed by atoms with van der Waals surface area (Å²) in [6.07, 6.45) is 2.63. The van der Waals surface area contributed by atoms with Crippen LogP contribution in [0, 0.1) is 0 Å². The van der Waals surface area contributed by atoms with E-state index in [0.29, 0.717) is 31.9 Å². The number of carbonyl (C=O) groups excluding carboxylic acids is 2. The van der Waals surface area contributed by atoms with Gasteiger partial charge in [0.1, 0.15) is 0 Å². The van der Waals surface area contributed by atoms with Crippen LogP contribution in [0.3, 0.4) is 0 Å². The zero-order chi connectivity index (χ0) is 22.3. The molecule has 2 aromatic rings. The maximum Gasteiger partial charge on any atom is 0.319 e. The zero-order valence-corrected chi connectivity index (χ0v) is 18.3. The third kappa shape index (κ3) is 5.72. The predicted molar refractivity (Wildman–Crippen MR) is 122 cm³/mol. The van der Waals surface area contributed by atoms with Crippen molar-refractivity contribution in [2.24, 2.45) is 5.10 Å². The molecule has 0 unspecified atom stereocenters. The number of amides is 1. The summed E-state index contributed by atoms with van der Waals surface area (Å²) in [5.41, 5.74) is 4.67. The summed E-state index contributed by atoms with van der Waals surface area (Å²) in [6.45, 7) is 4.76. The minimum absolute atomic E-state index is 0.148. The van der Waals surface area contributed by atoms with Gasteiger partial charge in [-0.15, -0.1) is 0 Å². The number of fused-ring (bicyclic) bond motifs is 1. The monoisotopic (exact) mass is 436 g/mol. The number of morpholine rings is 1. The fraction of sp³-hybridized carbons (Fsp3) is 0.375. The lowest BCUT2D eigenvalue weighted by Gasteiger charge is -2.28. The normalized spacial score (nSPS) is 16.6. The van der Waals surface area contributed by atoms with E-state index in [9.17, 15) is 9.59 Å². The molecule has 1 N–H and O–H groups in total. The average molecular weight is 437 g/mol. The van der Waals surface area contributed by atoms with Crippen molar-refractivity contribution in [1.29, 1.82) is 0 Å². The molecule has 2 aliphatic rings. The first-order valence-electron chi connectivity index (χ1n) is 10.8. The summed E-state index contributed by atoms with van der Waals surface area (Å²) in [5, 5.41) is 9.42. The van der Waals surface area contributed by atoms with Gasteiger partial charge >= 0.3 is 5.97 Å². The van der Waals surface area contributed by atoms with Crippen LogP contribution >= 0.6 is 0 Å². The van der Waals surface area contributed by atoms with Gasteiger partial charge in [-0.3, -0.25) is 19.5 Å². The first-order valence-corrected chi connectivity index (χ1v) is 10.8. The van der Waals surface area contributed by atoms with Gasteiger partial charge in [-0.05, 0) is 47.4 Å². The Morgan fingerprint density at radius 1 is 1.09 bits per heavy atom. The third-order valence-electron chi connectivity index (χ3n) is 5.67. The SMILES string of the molecule is COC(=O)CN1CCc2cc(NC(=O)c3ccc(/C=N/N4CCOCC4)cc3)ccc2C1. The second kappa shape index (κ2) is 10.4. The molecular weight excluding hydrogens is 408 g/mol. The summed E-state index contributed by atoms with van der Waals surface area (Å²) in [4.78, 5) is 26.3. The number of hydrazone groups is 1. The van der Waals surface area contributed by atoms with E-state index in [2.05, 4.69) is 15.3 Å². The number of hydrogen-bond donors (Lipinski definition) is 1. The smallest absolute Gasteiger partial charge is 0.319 e. The maximum absolute atomic E-state index is 12.7. The molecular formula is C24H28N4O4. The quantitative estimate of drug-likeness (QED) is 0.552. The molecule has 2 heterocycles. The predicted octanol–water partition coefficient (Wildman–Crippen LogP) is 2.14. The average Bonchev–Trinajstić information content (AvgIpc) is 2.83. The van der Waals surface area contributed by atoms with Gasteiger partial charge in [0.05, 0.1) is 46.2 Å². The van der Waals surface area contributed by atoms with Crippen LogP contribution in [0.2, 0.25) is 0 Å². The molecule has 1 saturated heterocycles. The molecule has 8 heteroatoms. The fourth-order valence-electron chi connectivity index (χ4n) is 3.81. The van der Waals surface area contributed by atoms with E-state index >= 15 is 0 Å². The van der Waals surface area contributed by atoms with Crippen molar-refractivity contribution in [3.05, 3.63) is 64.7 Å². The van der Waals surface area contributed by atoms with Crippen molar-refractivity contribution in [2.75, 3.05) is 51.8 Å².